The normalized spacial score (nSPS) is 16.0. The number of carbonyl (C=O) groups is 1. The smallest absolute Gasteiger partial charge is 0.268 e. The molecule has 2 aromatic rings. The van der Waals surface area contributed by atoms with Gasteiger partial charge in [0, 0.05) is 4.47 Å². The van der Waals surface area contributed by atoms with Gasteiger partial charge in [-0.2, -0.15) is 5.26 Å². The highest BCUT2D eigenvalue weighted by molar-refractivity contribution is 9.10. The van der Waals surface area contributed by atoms with E-state index in [4.69, 9.17) is 17.5 Å². The molecule has 1 amide bonds. The molecule has 1 saturated heterocycles. The van der Waals surface area contributed by atoms with Gasteiger partial charge >= 0.3 is 0 Å². The summed E-state index contributed by atoms with van der Waals surface area (Å²) in [4.78, 5) is 14.7. The van der Waals surface area contributed by atoms with Crippen molar-refractivity contribution < 1.29 is 4.79 Å². The molecule has 3 nitrogen and oxygen atoms in total. The number of hydrogen-bond donors (Lipinski definition) is 0. The second-order valence-electron chi connectivity index (χ2n) is 4.73. The lowest BCUT2D eigenvalue weighted by Crippen LogP contribution is -2.27. The summed E-state index contributed by atoms with van der Waals surface area (Å²) < 4.78 is 1.46. The van der Waals surface area contributed by atoms with Crippen LogP contribution in [-0.4, -0.2) is 10.2 Å². The predicted octanol–water partition coefficient (Wildman–Crippen LogP) is 4.73. The Balaban J connectivity index is 1.89. The maximum Gasteiger partial charge on any atom is 0.270 e. The zero-order valence-corrected chi connectivity index (χ0v) is 14.9. The fourth-order valence-electron chi connectivity index (χ4n) is 2.09. The first-order valence-corrected chi connectivity index (χ1v) is 8.64. The molecule has 112 valence electrons. The van der Waals surface area contributed by atoms with Crippen molar-refractivity contribution in [2.75, 3.05) is 4.90 Å². The summed E-state index contributed by atoms with van der Waals surface area (Å²) in [6, 6.07) is 16.6. The quantitative estimate of drug-likeness (QED) is 0.539. The van der Waals surface area contributed by atoms with Gasteiger partial charge in [-0.25, -0.2) is 0 Å². The summed E-state index contributed by atoms with van der Waals surface area (Å²) in [5.74, 6) is -0.133. The molecule has 23 heavy (non-hydrogen) atoms. The second-order valence-corrected chi connectivity index (χ2v) is 7.32. The molecule has 0 N–H and O–H groups in total. The Morgan fingerprint density at radius 3 is 2.39 bits per heavy atom. The SMILES string of the molecule is N#Cc1ccc(/C=C2/SC(=S)N(c3ccc(Br)cc3)C2=O)cc1. The summed E-state index contributed by atoms with van der Waals surface area (Å²) in [5, 5.41) is 8.82. The van der Waals surface area contributed by atoms with Crippen molar-refractivity contribution in [2.45, 2.75) is 0 Å². The van der Waals surface area contributed by atoms with E-state index >= 15 is 0 Å². The van der Waals surface area contributed by atoms with Crippen molar-refractivity contribution in [3.05, 3.63) is 69.0 Å². The summed E-state index contributed by atoms with van der Waals surface area (Å²) in [6.07, 6.45) is 1.79. The van der Waals surface area contributed by atoms with Gasteiger partial charge in [-0.05, 0) is 48.0 Å². The van der Waals surface area contributed by atoms with E-state index in [0.717, 1.165) is 15.7 Å². The van der Waals surface area contributed by atoms with E-state index in [0.29, 0.717) is 14.8 Å². The number of carbonyl (C=O) groups excluding carboxylic acids is 1. The number of thiocarbonyl (C=S) groups is 1. The van der Waals surface area contributed by atoms with Gasteiger partial charge in [0.2, 0.25) is 0 Å². The molecule has 0 aromatic heterocycles. The third kappa shape index (κ3) is 3.37. The first kappa shape index (κ1) is 15.9. The van der Waals surface area contributed by atoms with E-state index < -0.39 is 0 Å². The second kappa shape index (κ2) is 6.67. The molecule has 1 heterocycles. The Hall–Kier alpha value is -1.94. The topological polar surface area (TPSA) is 44.1 Å². The number of hydrogen-bond acceptors (Lipinski definition) is 4. The Morgan fingerprint density at radius 2 is 1.78 bits per heavy atom. The summed E-state index contributed by atoms with van der Waals surface area (Å²) in [7, 11) is 0. The van der Waals surface area contributed by atoms with Crippen molar-refractivity contribution in [2.24, 2.45) is 0 Å². The summed E-state index contributed by atoms with van der Waals surface area (Å²) in [6.45, 7) is 0. The van der Waals surface area contributed by atoms with E-state index in [1.807, 2.05) is 36.4 Å². The van der Waals surface area contributed by atoms with Crippen LogP contribution >= 0.6 is 39.9 Å². The zero-order valence-electron chi connectivity index (χ0n) is 11.7. The predicted molar refractivity (Wildman–Crippen MR) is 101 cm³/mol. The van der Waals surface area contributed by atoms with Gasteiger partial charge in [0.25, 0.3) is 5.91 Å². The first-order valence-electron chi connectivity index (χ1n) is 6.62. The number of rotatable bonds is 2. The number of anilines is 1. The van der Waals surface area contributed by atoms with Gasteiger partial charge in [0.1, 0.15) is 0 Å². The molecule has 2 aromatic carbocycles. The Kier molecular flexibility index (Phi) is 4.62. The van der Waals surface area contributed by atoms with Crippen molar-refractivity contribution in [1.82, 2.24) is 0 Å². The molecule has 1 fully saturated rings. The zero-order chi connectivity index (χ0) is 16.4. The van der Waals surface area contributed by atoms with Gasteiger partial charge in [0.15, 0.2) is 4.32 Å². The third-order valence-corrected chi connectivity index (χ3v) is 5.05. The first-order chi connectivity index (χ1) is 11.1. The van der Waals surface area contributed by atoms with Crippen LogP contribution in [0.4, 0.5) is 5.69 Å². The summed E-state index contributed by atoms with van der Waals surface area (Å²) >= 11 is 9.99. The standard InChI is InChI=1S/C17H9BrN2OS2/c18-13-5-7-14(8-6-13)20-16(21)15(23-17(20)22)9-11-1-3-12(10-19)4-2-11/h1-9H/b15-9+. The molecule has 0 saturated carbocycles. The number of nitrogens with zero attached hydrogens (tertiary/aromatic N) is 2. The van der Waals surface area contributed by atoms with Crippen molar-refractivity contribution in [3.8, 4) is 6.07 Å². The van der Waals surface area contributed by atoms with Crippen LogP contribution in [0.5, 0.6) is 0 Å². The Bertz CT molecular complexity index is 852. The number of amides is 1. The van der Waals surface area contributed by atoms with Crippen molar-refractivity contribution in [3.63, 3.8) is 0 Å². The lowest BCUT2D eigenvalue weighted by molar-refractivity contribution is -0.113. The molecule has 1 aliphatic rings. The minimum Gasteiger partial charge on any atom is -0.268 e. The summed E-state index contributed by atoms with van der Waals surface area (Å²) in [5.41, 5.74) is 2.20. The maximum atomic E-state index is 12.6. The molecule has 0 bridgehead atoms. The average molecular weight is 401 g/mol. The molecule has 0 unspecified atom stereocenters. The third-order valence-electron chi connectivity index (χ3n) is 3.22. The number of halogens is 1. The molecule has 0 radical (unpaired) electrons. The van der Waals surface area contributed by atoms with Gasteiger partial charge in [-0.3, -0.25) is 9.69 Å². The fraction of sp³-hybridized carbons (Fsp3) is 0. The molecule has 0 atom stereocenters. The van der Waals surface area contributed by atoms with Crippen LogP contribution in [0, 0.1) is 11.3 Å². The van der Waals surface area contributed by atoms with Gasteiger partial charge in [0.05, 0.1) is 22.2 Å². The maximum absolute atomic E-state index is 12.6. The largest absolute Gasteiger partial charge is 0.270 e. The van der Waals surface area contributed by atoms with Crippen LogP contribution in [-0.2, 0) is 4.79 Å². The van der Waals surface area contributed by atoms with E-state index in [-0.39, 0.29) is 5.91 Å². The van der Waals surface area contributed by atoms with Crippen molar-refractivity contribution >= 4 is 61.9 Å². The van der Waals surface area contributed by atoms with Crippen LogP contribution in [0.15, 0.2) is 57.9 Å². The highest BCUT2D eigenvalue weighted by atomic mass is 79.9. The van der Waals surface area contributed by atoms with Gasteiger partial charge in [-0.1, -0.05) is 52.0 Å². The Labute approximate surface area is 151 Å². The van der Waals surface area contributed by atoms with E-state index in [9.17, 15) is 4.79 Å². The van der Waals surface area contributed by atoms with E-state index in [2.05, 4.69) is 22.0 Å². The van der Waals surface area contributed by atoms with E-state index in [1.165, 1.54) is 16.7 Å². The van der Waals surface area contributed by atoms with Crippen LogP contribution in [0.3, 0.4) is 0 Å². The number of thioether (sulfide) groups is 1. The molecule has 6 heteroatoms. The number of benzene rings is 2. The molecular weight excluding hydrogens is 392 g/mol. The molecule has 0 spiro atoms. The number of nitriles is 1. The minimum atomic E-state index is -0.133. The highest BCUT2D eigenvalue weighted by Crippen LogP contribution is 2.36. The van der Waals surface area contributed by atoms with Crippen LogP contribution < -0.4 is 4.90 Å². The minimum absolute atomic E-state index is 0.133. The Morgan fingerprint density at radius 1 is 1.13 bits per heavy atom. The van der Waals surface area contributed by atoms with Gasteiger partial charge in [-0.15, -0.1) is 0 Å². The highest BCUT2D eigenvalue weighted by Gasteiger charge is 2.33. The van der Waals surface area contributed by atoms with Crippen LogP contribution in [0.2, 0.25) is 0 Å². The molecular formula is C17H9BrN2OS2. The molecule has 3 rings (SSSR count). The van der Waals surface area contributed by atoms with E-state index in [1.54, 1.807) is 18.2 Å². The monoisotopic (exact) mass is 400 g/mol. The van der Waals surface area contributed by atoms with Crippen LogP contribution in [0.1, 0.15) is 11.1 Å². The molecule has 0 aliphatic carbocycles. The van der Waals surface area contributed by atoms with Gasteiger partial charge < -0.3 is 0 Å². The fourth-order valence-corrected chi connectivity index (χ4v) is 3.65. The lowest BCUT2D eigenvalue weighted by atomic mass is 10.1. The molecule has 1 aliphatic heterocycles. The average Bonchev–Trinajstić information content (AvgIpc) is 2.83. The van der Waals surface area contributed by atoms with Crippen molar-refractivity contribution in [1.29, 1.82) is 5.26 Å². The lowest BCUT2D eigenvalue weighted by Gasteiger charge is -2.14. The van der Waals surface area contributed by atoms with Crippen LogP contribution in [0.25, 0.3) is 6.08 Å².